The monoisotopic (exact) mass is 338 g/mol. The van der Waals surface area contributed by atoms with Crippen LogP contribution in [0.1, 0.15) is 0 Å². The van der Waals surface area contributed by atoms with Crippen LogP contribution in [-0.2, 0) is 0 Å². The van der Waals surface area contributed by atoms with Gasteiger partial charge in [-0.15, -0.1) is 9.24 Å². The van der Waals surface area contributed by atoms with Crippen molar-refractivity contribution < 1.29 is 0 Å². The van der Waals surface area contributed by atoms with Gasteiger partial charge in [-0.25, -0.2) is 0 Å². The molecular formula is C18H17GeP. The number of benzene rings is 3. The molecule has 20 heavy (non-hydrogen) atoms. The minimum atomic E-state index is -0.108. The molecule has 0 saturated carbocycles. The average Bonchev–Trinajstić information content (AvgIpc) is 2.51. The molecule has 0 bridgehead atoms. The molecule has 0 saturated heterocycles. The van der Waals surface area contributed by atoms with Crippen LogP contribution in [0.3, 0.4) is 0 Å². The molecule has 0 N–H and O–H groups in total. The molecule has 0 aliphatic heterocycles. The molecule has 3 rings (SSSR count). The van der Waals surface area contributed by atoms with Crippen LogP contribution >= 0.6 is 9.24 Å². The molecule has 1 unspecified atom stereocenters. The standard InChI is InChI=1S/C12H10Ge.C6H7P/c1-3-7-11(8-4-1)13-12-9-5-2-6-10-12;7-6-4-2-1-3-5-6/h1-10H;1-5H,7H2. The quantitative estimate of drug-likeness (QED) is 0.498. The van der Waals surface area contributed by atoms with E-state index in [2.05, 4.69) is 69.9 Å². The summed E-state index contributed by atoms with van der Waals surface area (Å²) >= 11 is -0.108. The summed E-state index contributed by atoms with van der Waals surface area (Å²) in [6.07, 6.45) is 0. The van der Waals surface area contributed by atoms with Gasteiger partial charge in [0.05, 0.1) is 0 Å². The summed E-state index contributed by atoms with van der Waals surface area (Å²) in [6, 6.07) is 31.6. The summed E-state index contributed by atoms with van der Waals surface area (Å²) in [7, 11) is 2.63. The van der Waals surface area contributed by atoms with E-state index in [4.69, 9.17) is 0 Å². The van der Waals surface area contributed by atoms with E-state index in [1.165, 1.54) is 14.1 Å². The van der Waals surface area contributed by atoms with Crippen molar-refractivity contribution >= 4 is 38.8 Å². The SMILES string of the molecule is Pc1ccccc1.c1cc[c]([Ge][c]2ccccc2)cc1. The van der Waals surface area contributed by atoms with Crippen LogP contribution < -0.4 is 14.1 Å². The summed E-state index contributed by atoms with van der Waals surface area (Å²) < 4.78 is 2.99. The third-order valence-corrected chi connectivity index (χ3v) is 5.63. The third kappa shape index (κ3) is 5.73. The molecule has 1 atom stereocenters. The van der Waals surface area contributed by atoms with E-state index in [0.29, 0.717) is 0 Å². The van der Waals surface area contributed by atoms with Gasteiger partial charge in [-0.3, -0.25) is 0 Å². The summed E-state index contributed by atoms with van der Waals surface area (Å²) in [5.74, 6) is 0. The summed E-state index contributed by atoms with van der Waals surface area (Å²) in [4.78, 5) is 0. The Morgan fingerprint density at radius 3 is 1.15 bits per heavy atom. The fraction of sp³-hybridized carbons (Fsp3) is 0. The molecule has 0 nitrogen and oxygen atoms in total. The van der Waals surface area contributed by atoms with Gasteiger partial charge in [0.1, 0.15) is 0 Å². The average molecular weight is 337 g/mol. The first kappa shape index (κ1) is 15.0. The van der Waals surface area contributed by atoms with E-state index in [0.717, 1.165) is 0 Å². The number of hydrogen-bond donors (Lipinski definition) is 0. The van der Waals surface area contributed by atoms with E-state index >= 15 is 0 Å². The molecule has 0 spiro atoms. The van der Waals surface area contributed by atoms with Crippen molar-refractivity contribution in [1.29, 1.82) is 0 Å². The van der Waals surface area contributed by atoms with Gasteiger partial charge in [-0.2, -0.15) is 0 Å². The molecule has 0 fully saturated rings. The predicted molar refractivity (Wildman–Crippen MR) is 93.7 cm³/mol. The van der Waals surface area contributed by atoms with E-state index < -0.39 is 0 Å². The van der Waals surface area contributed by atoms with Crippen molar-refractivity contribution in [2.75, 3.05) is 0 Å². The van der Waals surface area contributed by atoms with Crippen molar-refractivity contribution in [2.24, 2.45) is 0 Å². The number of hydrogen-bond acceptors (Lipinski definition) is 0. The van der Waals surface area contributed by atoms with E-state index in [-0.39, 0.29) is 15.4 Å². The zero-order valence-corrected chi connectivity index (χ0v) is 14.5. The van der Waals surface area contributed by atoms with Crippen LogP contribution in [0.5, 0.6) is 0 Å². The molecule has 0 aliphatic rings. The van der Waals surface area contributed by atoms with Gasteiger partial charge in [0, 0.05) is 0 Å². The van der Waals surface area contributed by atoms with Crippen LogP contribution in [0.2, 0.25) is 0 Å². The van der Waals surface area contributed by atoms with Gasteiger partial charge in [0.25, 0.3) is 0 Å². The van der Waals surface area contributed by atoms with Gasteiger partial charge < -0.3 is 0 Å². The second kappa shape index (κ2) is 8.73. The molecule has 2 heteroatoms. The Bertz CT molecular complexity index is 557. The molecule has 0 amide bonds. The van der Waals surface area contributed by atoms with Crippen molar-refractivity contribution in [2.45, 2.75) is 0 Å². The molecule has 0 heterocycles. The van der Waals surface area contributed by atoms with E-state index in [1.807, 2.05) is 30.3 Å². The van der Waals surface area contributed by atoms with Crippen LogP contribution in [0.15, 0.2) is 91.0 Å². The Morgan fingerprint density at radius 1 is 0.500 bits per heavy atom. The molecule has 3 aromatic rings. The van der Waals surface area contributed by atoms with Crippen molar-refractivity contribution in [3.05, 3.63) is 91.0 Å². The van der Waals surface area contributed by atoms with Crippen molar-refractivity contribution in [1.82, 2.24) is 0 Å². The van der Waals surface area contributed by atoms with E-state index in [9.17, 15) is 0 Å². The molecule has 0 aromatic heterocycles. The first-order valence-corrected chi connectivity index (χ1v) is 9.20. The summed E-state index contributed by atoms with van der Waals surface area (Å²) in [5.41, 5.74) is 0. The molecular weight excluding hydrogens is 320 g/mol. The fourth-order valence-electron chi connectivity index (χ4n) is 1.66. The Balaban J connectivity index is 0.000000178. The van der Waals surface area contributed by atoms with Crippen molar-refractivity contribution in [3.63, 3.8) is 0 Å². The van der Waals surface area contributed by atoms with Gasteiger partial charge >= 0.3 is 84.9 Å². The van der Waals surface area contributed by atoms with Crippen LogP contribution in [0, 0.1) is 0 Å². The van der Waals surface area contributed by atoms with Crippen LogP contribution in [0.25, 0.3) is 0 Å². The minimum absolute atomic E-state index is 0.108. The maximum absolute atomic E-state index is 2.63. The first-order chi connectivity index (χ1) is 9.84. The topological polar surface area (TPSA) is 0 Å². The van der Waals surface area contributed by atoms with Gasteiger partial charge in [0.2, 0.25) is 0 Å². The fourth-order valence-corrected chi connectivity index (χ4v) is 4.09. The van der Waals surface area contributed by atoms with Gasteiger partial charge in [-0.1, -0.05) is 30.3 Å². The van der Waals surface area contributed by atoms with Crippen molar-refractivity contribution in [3.8, 4) is 0 Å². The first-order valence-electron chi connectivity index (χ1n) is 6.52. The zero-order chi connectivity index (χ0) is 14.0. The Morgan fingerprint density at radius 2 is 0.850 bits per heavy atom. The molecule has 0 aliphatic carbocycles. The predicted octanol–water partition coefficient (Wildman–Crippen LogP) is 2.53. The Hall–Kier alpha value is -1.37. The summed E-state index contributed by atoms with van der Waals surface area (Å²) in [6.45, 7) is 0. The van der Waals surface area contributed by atoms with Crippen LogP contribution in [-0.4, -0.2) is 15.4 Å². The Kier molecular flexibility index (Phi) is 6.56. The Labute approximate surface area is 129 Å². The molecule has 98 valence electrons. The van der Waals surface area contributed by atoms with Gasteiger partial charge in [0.15, 0.2) is 0 Å². The zero-order valence-electron chi connectivity index (χ0n) is 11.2. The van der Waals surface area contributed by atoms with E-state index in [1.54, 1.807) is 0 Å². The molecule has 2 radical (unpaired) electrons. The third-order valence-electron chi connectivity index (χ3n) is 2.64. The maximum atomic E-state index is 2.63. The summed E-state index contributed by atoms with van der Waals surface area (Å²) in [5, 5.41) is 1.24. The second-order valence-electron chi connectivity index (χ2n) is 4.27. The second-order valence-corrected chi connectivity index (χ2v) is 7.88. The number of rotatable bonds is 2. The normalized spacial score (nSPS) is 9.45. The van der Waals surface area contributed by atoms with Gasteiger partial charge in [-0.05, 0) is 5.30 Å². The van der Waals surface area contributed by atoms with Crippen LogP contribution in [0.4, 0.5) is 0 Å². The molecule has 3 aromatic carbocycles.